The van der Waals surface area contributed by atoms with E-state index >= 15 is 0 Å². The molecule has 0 aromatic heterocycles. The van der Waals surface area contributed by atoms with E-state index in [1.165, 1.54) is 0 Å². The highest BCUT2D eigenvalue weighted by Gasteiger charge is 2.22. The number of nitrogens with one attached hydrogen (secondary N) is 1. The monoisotopic (exact) mass is 273 g/mol. The van der Waals surface area contributed by atoms with Crippen molar-refractivity contribution in [2.45, 2.75) is 25.0 Å². The van der Waals surface area contributed by atoms with Crippen LogP contribution in [0.15, 0.2) is 22.7 Å². The lowest BCUT2D eigenvalue weighted by atomic mass is 10.1. The average molecular weight is 274 g/mol. The first kappa shape index (κ1) is 11.0. The fourth-order valence-corrected chi connectivity index (χ4v) is 1.84. The molecule has 0 spiro atoms. The van der Waals surface area contributed by atoms with Gasteiger partial charge in [-0.1, -0.05) is 12.1 Å². The Morgan fingerprint density at radius 3 is 2.93 bits per heavy atom. The van der Waals surface area contributed by atoms with E-state index in [1.54, 1.807) is 18.2 Å². The Morgan fingerprint density at radius 2 is 2.27 bits per heavy atom. The van der Waals surface area contributed by atoms with Gasteiger partial charge in [0.15, 0.2) is 0 Å². The minimum atomic E-state index is -0.775. The third-order valence-corrected chi connectivity index (χ3v) is 3.13. The molecule has 15 heavy (non-hydrogen) atoms. The molecule has 0 aliphatic heterocycles. The lowest BCUT2D eigenvalue weighted by Gasteiger charge is -2.13. The van der Waals surface area contributed by atoms with E-state index in [4.69, 9.17) is 0 Å². The molecule has 0 radical (unpaired) electrons. The smallest absolute Gasteiger partial charge is 0.143 e. The Hall–Kier alpha value is -0.450. The molecule has 0 saturated heterocycles. The first-order valence-corrected chi connectivity index (χ1v) is 5.83. The molecule has 0 heterocycles. The lowest BCUT2D eigenvalue weighted by Crippen LogP contribution is -2.23. The highest BCUT2D eigenvalue weighted by Crippen LogP contribution is 2.24. The summed E-state index contributed by atoms with van der Waals surface area (Å²) in [5.74, 6) is -0.373. The number of aliphatic hydroxyl groups is 1. The van der Waals surface area contributed by atoms with Crippen LogP contribution in [0.3, 0.4) is 0 Å². The predicted molar refractivity (Wildman–Crippen MR) is 60.1 cm³/mol. The van der Waals surface area contributed by atoms with Gasteiger partial charge in [-0.3, -0.25) is 0 Å². The van der Waals surface area contributed by atoms with Crippen LogP contribution in [0.5, 0.6) is 0 Å². The lowest BCUT2D eigenvalue weighted by molar-refractivity contribution is 0.169. The van der Waals surface area contributed by atoms with Crippen LogP contribution in [0, 0.1) is 5.82 Å². The summed E-state index contributed by atoms with van der Waals surface area (Å²) in [6, 6.07) is 5.48. The summed E-state index contributed by atoms with van der Waals surface area (Å²) in [6.45, 7) is 0.415. The molecule has 2 N–H and O–H groups in total. The third kappa shape index (κ3) is 2.77. The van der Waals surface area contributed by atoms with Crippen LogP contribution in [0.4, 0.5) is 4.39 Å². The molecular weight excluding hydrogens is 261 g/mol. The number of hydrogen-bond acceptors (Lipinski definition) is 2. The van der Waals surface area contributed by atoms with Crippen molar-refractivity contribution >= 4 is 15.9 Å². The maximum atomic E-state index is 13.6. The summed E-state index contributed by atoms with van der Waals surface area (Å²) < 4.78 is 14.0. The Morgan fingerprint density at radius 1 is 1.53 bits per heavy atom. The molecule has 1 fully saturated rings. The van der Waals surface area contributed by atoms with E-state index < -0.39 is 6.10 Å². The van der Waals surface area contributed by atoms with Crippen molar-refractivity contribution < 1.29 is 9.50 Å². The second kappa shape index (κ2) is 4.60. The quantitative estimate of drug-likeness (QED) is 0.883. The molecule has 4 heteroatoms. The van der Waals surface area contributed by atoms with Gasteiger partial charge in [-0.25, -0.2) is 4.39 Å². The number of benzene rings is 1. The van der Waals surface area contributed by atoms with Gasteiger partial charge in [-0.2, -0.15) is 0 Å². The molecule has 0 amide bonds. The first-order valence-electron chi connectivity index (χ1n) is 5.04. The zero-order valence-electron chi connectivity index (χ0n) is 8.21. The van der Waals surface area contributed by atoms with E-state index in [-0.39, 0.29) is 5.82 Å². The zero-order chi connectivity index (χ0) is 10.8. The van der Waals surface area contributed by atoms with Crippen LogP contribution in [0.2, 0.25) is 0 Å². The summed E-state index contributed by atoms with van der Waals surface area (Å²) in [5, 5.41) is 12.9. The standard InChI is InChI=1S/C11H13BrFNO/c12-9-3-1-2-8(11(9)13)10(15)6-14-7-4-5-7/h1-3,7,10,14-15H,4-6H2. The van der Waals surface area contributed by atoms with Crippen LogP contribution in [0.25, 0.3) is 0 Å². The van der Waals surface area contributed by atoms with Gasteiger partial charge in [-0.15, -0.1) is 0 Å². The Labute approximate surface area is 96.6 Å². The van der Waals surface area contributed by atoms with Gasteiger partial charge in [0.2, 0.25) is 0 Å². The summed E-state index contributed by atoms with van der Waals surface area (Å²) >= 11 is 3.10. The largest absolute Gasteiger partial charge is 0.387 e. The molecule has 1 saturated carbocycles. The minimum Gasteiger partial charge on any atom is -0.387 e. The van der Waals surface area contributed by atoms with Crippen molar-refractivity contribution in [2.24, 2.45) is 0 Å². The first-order chi connectivity index (χ1) is 7.18. The summed E-state index contributed by atoms with van der Waals surface area (Å²) in [5.41, 5.74) is 0.345. The number of hydrogen-bond donors (Lipinski definition) is 2. The molecule has 1 atom stereocenters. The topological polar surface area (TPSA) is 32.3 Å². The van der Waals surface area contributed by atoms with Gasteiger partial charge in [0, 0.05) is 18.2 Å². The maximum Gasteiger partial charge on any atom is 0.143 e. The summed E-state index contributed by atoms with van der Waals surface area (Å²) in [4.78, 5) is 0. The van der Waals surface area contributed by atoms with Crippen LogP contribution in [0.1, 0.15) is 24.5 Å². The normalized spacial score (nSPS) is 17.8. The van der Waals surface area contributed by atoms with Crippen molar-refractivity contribution in [1.82, 2.24) is 5.32 Å². The van der Waals surface area contributed by atoms with Crippen molar-refractivity contribution in [2.75, 3.05) is 6.54 Å². The Bertz CT molecular complexity index is 354. The molecule has 1 aromatic carbocycles. The van der Waals surface area contributed by atoms with Gasteiger partial charge >= 0.3 is 0 Å². The van der Waals surface area contributed by atoms with Gasteiger partial charge < -0.3 is 10.4 Å². The van der Waals surface area contributed by atoms with Crippen molar-refractivity contribution in [3.05, 3.63) is 34.1 Å². The van der Waals surface area contributed by atoms with Gasteiger partial charge in [-0.05, 0) is 34.8 Å². The second-order valence-corrected chi connectivity index (χ2v) is 4.70. The van der Waals surface area contributed by atoms with E-state index in [1.807, 2.05) is 0 Å². The van der Waals surface area contributed by atoms with Crippen molar-refractivity contribution in [3.8, 4) is 0 Å². The van der Waals surface area contributed by atoms with Crippen LogP contribution in [-0.4, -0.2) is 17.7 Å². The minimum absolute atomic E-state index is 0.345. The molecule has 1 aromatic rings. The molecular formula is C11H13BrFNO. The van der Waals surface area contributed by atoms with Crippen molar-refractivity contribution in [1.29, 1.82) is 0 Å². The molecule has 0 bridgehead atoms. The van der Waals surface area contributed by atoms with Crippen LogP contribution < -0.4 is 5.32 Å². The third-order valence-electron chi connectivity index (χ3n) is 2.52. The van der Waals surface area contributed by atoms with E-state index in [9.17, 15) is 9.50 Å². The molecule has 1 unspecified atom stereocenters. The fraction of sp³-hybridized carbons (Fsp3) is 0.455. The Kier molecular flexibility index (Phi) is 3.38. The van der Waals surface area contributed by atoms with Gasteiger partial charge in [0.25, 0.3) is 0 Å². The SMILES string of the molecule is OC(CNC1CC1)c1cccc(Br)c1F. The zero-order valence-corrected chi connectivity index (χ0v) is 9.80. The highest BCUT2D eigenvalue weighted by atomic mass is 79.9. The van der Waals surface area contributed by atoms with Crippen molar-refractivity contribution in [3.63, 3.8) is 0 Å². The predicted octanol–water partition coefficient (Wildman–Crippen LogP) is 2.37. The Balaban J connectivity index is 2.02. The van der Waals surface area contributed by atoms with Crippen LogP contribution in [-0.2, 0) is 0 Å². The second-order valence-electron chi connectivity index (χ2n) is 3.84. The van der Waals surface area contributed by atoms with E-state index in [0.29, 0.717) is 22.6 Å². The number of aliphatic hydroxyl groups excluding tert-OH is 1. The molecule has 1 aliphatic carbocycles. The number of halogens is 2. The van der Waals surface area contributed by atoms with E-state index in [2.05, 4.69) is 21.2 Å². The van der Waals surface area contributed by atoms with Crippen LogP contribution >= 0.6 is 15.9 Å². The van der Waals surface area contributed by atoms with Gasteiger partial charge in [0.05, 0.1) is 10.6 Å². The summed E-state index contributed by atoms with van der Waals surface area (Å²) in [6.07, 6.45) is 1.55. The molecule has 1 aliphatic rings. The van der Waals surface area contributed by atoms with Gasteiger partial charge in [0.1, 0.15) is 5.82 Å². The average Bonchev–Trinajstić information content (AvgIpc) is 3.02. The highest BCUT2D eigenvalue weighted by molar-refractivity contribution is 9.10. The molecule has 82 valence electrons. The fourth-order valence-electron chi connectivity index (χ4n) is 1.45. The number of rotatable bonds is 4. The maximum absolute atomic E-state index is 13.6. The molecule has 2 nitrogen and oxygen atoms in total. The molecule has 2 rings (SSSR count). The summed E-state index contributed by atoms with van der Waals surface area (Å²) in [7, 11) is 0. The van der Waals surface area contributed by atoms with E-state index in [0.717, 1.165) is 12.8 Å².